The molecule has 26 heavy (non-hydrogen) atoms. The number of rotatable bonds is 4. The molecule has 4 heteroatoms. The average Bonchev–Trinajstić information content (AvgIpc) is 2.48. The molecule has 0 atom stereocenters. The minimum Gasteiger partial charge on any atom is -0.481 e. The van der Waals surface area contributed by atoms with E-state index in [2.05, 4.69) is 20.8 Å². The largest absolute Gasteiger partial charge is 0.481 e. The Balaban J connectivity index is 0.000000920. The number of benzene rings is 1. The van der Waals surface area contributed by atoms with Gasteiger partial charge in [0.25, 0.3) is 0 Å². The highest BCUT2D eigenvalue weighted by Crippen LogP contribution is 2.40. The predicted octanol–water partition coefficient (Wildman–Crippen LogP) is 5.20. The van der Waals surface area contributed by atoms with Gasteiger partial charge in [-0.2, -0.15) is 0 Å². The Morgan fingerprint density at radius 3 is 1.19 bits per heavy atom. The van der Waals surface area contributed by atoms with Crippen molar-refractivity contribution < 1.29 is 19.8 Å². The van der Waals surface area contributed by atoms with Gasteiger partial charge in [-0.1, -0.05) is 46.8 Å². The van der Waals surface area contributed by atoms with Crippen LogP contribution in [0.2, 0.25) is 0 Å². The second-order valence-electron chi connectivity index (χ2n) is 8.21. The van der Waals surface area contributed by atoms with E-state index >= 15 is 0 Å². The highest BCUT2D eigenvalue weighted by atomic mass is 16.4. The van der Waals surface area contributed by atoms with Gasteiger partial charge in [0.05, 0.1) is 10.8 Å². The number of carbonyl (C=O) groups is 2. The van der Waals surface area contributed by atoms with Crippen LogP contribution >= 0.6 is 0 Å². The molecule has 0 unspecified atom stereocenters. The van der Waals surface area contributed by atoms with Gasteiger partial charge in [-0.15, -0.1) is 0 Å². The van der Waals surface area contributed by atoms with Gasteiger partial charge in [-0.3, -0.25) is 9.59 Å². The summed E-state index contributed by atoms with van der Waals surface area (Å²) in [6.07, 6.45) is 1.65. The van der Waals surface area contributed by atoms with Gasteiger partial charge in [-0.25, -0.2) is 0 Å². The fourth-order valence-corrected chi connectivity index (χ4v) is 2.74. The molecule has 0 radical (unpaired) electrons. The highest BCUT2D eigenvalue weighted by Gasteiger charge is 2.39. The van der Waals surface area contributed by atoms with Crippen molar-refractivity contribution in [3.63, 3.8) is 0 Å². The van der Waals surface area contributed by atoms with Gasteiger partial charge in [0.15, 0.2) is 0 Å². The molecule has 0 bridgehead atoms. The fraction of sp³-hybridized carbons (Fsp3) is 0.636. The van der Waals surface area contributed by atoms with Crippen LogP contribution in [0, 0.1) is 5.92 Å². The molecule has 0 fully saturated rings. The molecule has 1 aliphatic carbocycles. The summed E-state index contributed by atoms with van der Waals surface area (Å²) in [5, 5.41) is 18.7. The molecule has 2 N–H and O–H groups in total. The minimum atomic E-state index is -0.948. The molecular weight excluding hydrogens is 328 g/mol. The zero-order chi connectivity index (χ0) is 20.9. The summed E-state index contributed by atoms with van der Waals surface area (Å²) in [6.45, 7) is 17.2. The van der Waals surface area contributed by atoms with E-state index in [9.17, 15) is 19.8 Å². The molecule has 4 nitrogen and oxygen atoms in total. The molecule has 0 heterocycles. The molecule has 0 spiro atoms. The number of fused-ring (bicyclic) bond motifs is 1. The number of aliphatic carboxylic acids is 2. The summed E-state index contributed by atoms with van der Waals surface area (Å²) in [4.78, 5) is 22.8. The second-order valence-corrected chi connectivity index (χ2v) is 8.21. The molecular formula is C22H36O4. The van der Waals surface area contributed by atoms with Crippen molar-refractivity contribution in [2.24, 2.45) is 5.92 Å². The monoisotopic (exact) mass is 364 g/mol. The zero-order valence-corrected chi connectivity index (χ0v) is 17.9. The lowest BCUT2D eigenvalue weighted by molar-refractivity contribution is -0.143. The normalized spacial score (nSPS) is 12.7. The third kappa shape index (κ3) is 5.09. The quantitative estimate of drug-likeness (QED) is 0.770. The van der Waals surface area contributed by atoms with Crippen LogP contribution in [-0.4, -0.2) is 22.2 Å². The lowest BCUT2D eigenvalue weighted by Crippen LogP contribution is -2.36. The van der Waals surface area contributed by atoms with Crippen molar-refractivity contribution in [1.82, 2.24) is 0 Å². The van der Waals surface area contributed by atoms with E-state index in [4.69, 9.17) is 0 Å². The topological polar surface area (TPSA) is 74.6 Å². The van der Waals surface area contributed by atoms with Gasteiger partial charge < -0.3 is 10.2 Å². The van der Waals surface area contributed by atoms with Crippen molar-refractivity contribution in [2.45, 2.75) is 86.0 Å². The lowest BCUT2D eigenvalue weighted by Gasteiger charge is -2.35. The molecule has 0 saturated carbocycles. The van der Waals surface area contributed by atoms with Gasteiger partial charge in [-0.05, 0) is 68.7 Å². The van der Waals surface area contributed by atoms with E-state index in [1.165, 1.54) is 0 Å². The SMILES string of the molecule is CC.CC(C)(C(=O)O)c1ccc(C(C)(C)C(=O)O)c2c1CC2.CC(C)C. The molecule has 0 amide bonds. The Hall–Kier alpha value is -1.84. The molecule has 148 valence electrons. The van der Waals surface area contributed by atoms with Crippen LogP contribution < -0.4 is 0 Å². The van der Waals surface area contributed by atoms with Gasteiger partial charge in [0.1, 0.15) is 0 Å². The van der Waals surface area contributed by atoms with Crippen LogP contribution in [0.3, 0.4) is 0 Å². The summed E-state index contributed by atoms with van der Waals surface area (Å²) in [5.74, 6) is -0.895. The molecule has 0 saturated heterocycles. The zero-order valence-electron chi connectivity index (χ0n) is 17.9. The first-order valence-electron chi connectivity index (χ1n) is 9.46. The van der Waals surface area contributed by atoms with Crippen LogP contribution in [0.1, 0.15) is 84.6 Å². The highest BCUT2D eigenvalue weighted by molar-refractivity contribution is 5.84. The summed E-state index contributed by atoms with van der Waals surface area (Å²) in [6, 6.07) is 3.57. The maximum absolute atomic E-state index is 11.4. The Bertz CT molecular complexity index is 584. The first kappa shape index (κ1) is 24.2. The van der Waals surface area contributed by atoms with Crippen molar-refractivity contribution in [1.29, 1.82) is 0 Å². The molecule has 0 aromatic heterocycles. The van der Waals surface area contributed by atoms with Crippen LogP contribution in [0.4, 0.5) is 0 Å². The smallest absolute Gasteiger partial charge is 0.313 e. The van der Waals surface area contributed by atoms with Crippen LogP contribution in [0.15, 0.2) is 12.1 Å². The number of carboxylic acids is 2. The molecule has 0 aliphatic heterocycles. The van der Waals surface area contributed by atoms with E-state index in [-0.39, 0.29) is 0 Å². The Labute approximate surface area is 158 Å². The summed E-state index contributed by atoms with van der Waals surface area (Å²) in [5.41, 5.74) is 1.74. The molecule has 1 aliphatic rings. The second kappa shape index (κ2) is 9.20. The van der Waals surface area contributed by atoms with E-state index in [0.717, 1.165) is 41.0 Å². The molecule has 1 aromatic carbocycles. The van der Waals surface area contributed by atoms with E-state index in [0.29, 0.717) is 0 Å². The average molecular weight is 365 g/mol. The van der Waals surface area contributed by atoms with Crippen molar-refractivity contribution >= 4 is 11.9 Å². The van der Waals surface area contributed by atoms with Crippen LogP contribution in [-0.2, 0) is 33.3 Å². The third-order valence-corrected chi connectivity index (χ3v) is 4.47. The number of carboxylic acid groups (broad SMARTS) is 2. The molecule has 2 rings (SSSR count). The Morgan fingerprint density at radius 1 is 0.808 bits per heavy atom. The maximum atomic E-state index is 11.4. The molecule has 1 aromatic rings. The Morgan fingerprint density at radius 2 is 1.04 bits per heavy atom. The first-order chi connectivity index (χ1) is 11.8. The van der Waals surface area contributed by atoms with Gasteiger partial charge in [0.2, 0.25) is 0 Å². The van der Waals surface area contributed by atoms with E-state index < -0.39 is 22.8 Å². The van der Waals surface area contributed by atoms with Crippen LogP contribution in [0.5, 0.6) is 0 Å². The summed E-state index contributed by atoms with van der Waals surface area (Å²) < 4.78 is 0. The summed E-state index contributed by atoms with van der Waals surface area (Å²) in [7, 11) is 0. The number of hydrogen-bond donors (Lipinski definition) is 2. The lowest BCUT2D eigenvalue weighted by atomic mass is 9.68. The van der Waals surface area contributed by atoms with Gasteiger partial charge in [0, 0.05) is 0 Å². The van der Waals surface area contributed by atoms with Crippen molar-refractivity contribution in [2.75, 3.05) is 0 Å². The van der Waals surface area contributed by atoms with E-state index in [1.807, 2.05) is 13.8 Å². The predicted molar refractivity (Wildman–Crippen MR) is 107 cm³/mol. The minimum absolute atomic E-state index is 0.802. The standard InChI is InChI=1S/C16H20O4.C4H10.C2H6/c1-15(2,13(17)18)11-7-8-12(10-6-5-9(10)11)16(3,4)14(19)20;1-4(2)3;1-2/h7-8H,5-6H2,1-4H3,(H,17,18)(H,19,20);4H,1-3H3;1-2H3. The van der Waals surface area contributed by atoms with Crippen molar-refractivity contribution in [3.8, 4) is 0 Å². The fourth-order valence-electron chi connectivity index (χ4n) is 2.74. The first-order valence-corrected chi connectivity index (χ1v) is 9.46. The summed E-state index contributed by atoms with van der Waals surface area (Å²) >= 11 is 0. The van der Waals surface area contributed by atoms with Crippen molar-refractivity contribution in [3.05, 3.63) is 34.4 Å². The number of hydrogen-bond acceptors (Lipinski definition) is 2. The van der Waals surface area contributed by atoms with Crippen LogP contribution in [0.25, 0.3) is 0 Å². The maximum Gasteiger partial charge on any atom is 0.313 e. The van der Waals surface area contributed by atoms with E-state index in [1.54, 1.807) is 39.8 Å². The Kier molecular flexibility index (Phi) is 8.55. The third-order valence-electron chi connectivity index (χ3n) is 4.47. The van der Waals surface area contributed by atoms with Gasteiger partial charge >= 0.3 is 11.9 Å².